The van der Waals surface area contributed by atoms with Crippen LogP contribution in [0.15, 0.2) is 79.0 Å². The summed E-state index contributed by atoms with van der Waals surface area (Å²) in [4.78, 5) is 17.3. The number of aromatic nitrogens is 1. The number of pyridine rings is 1. The third-order valence-electron chi connectivity index (χ3n) is 6.71. The van der Waals surface area contributed by atoms with Crippen molar-refractivity contribution in [2.24, 2.45) is 0 Å². The number of carbonyl (C=O) groups is 1. The van der Waals surface area contributed by atoms with E-state index >= 15 is 0 Å². The molecule has 3 N–H and O–H groups in total. The molecule has 4 aromatic rings. The van der Waals surface area contributed by atoms with E-state index in [-0.39, 0.29) is 23.2 Å². The summed E-state index contributed by atoms with van der Waals surface area (Å²) in [7, 11) is 0. The number of ether oxygens (including phenoxy) is 4. The molecule has 0 saturated heterocycles. The molecule has 0 radical (unpaired) electrons. The Kier molecular flexibility index (Phi) is 6.20. The fraction of sp³-hybridized carbons (Fsp3) is 0.200. The largest absolute Gasteiger partial charge is 0.508 e. The number of phenols is 2. The summed E-state index contributed by atoms with van der Waals surface area (Å²) in [5.74, 6) is 0.0619. The average Bonchev–Trinajstić information content (AvgIpc) is 2.94. The van der Waals surface area contributed by atoms with Crippen molar-refractivity contribution in [2.75, 3.05) is 0 Å². The van der Waals surface area contributed by atoms with Gasteiger partial charge in [0.1, 0.15) is 41.3 Å². The lowest BCUT2D eigenvalue weighted by molar-refractivity contribution is 0.0185. The van der Waals surface area contributed by atoms with Gasteiger partial charge in [0.25, 0.3) is 0 Å². The van der Waals surface area contributed by atoms with Gasteiger partial charge in [-0.2, -0.15) is 0 Å². The number of nitrogens with zero attached hydrogens (tertiary/aromatic N) is 1. The summed E-state index contributed by atoms with van der Waals surface area (Å²) in [6, 6.07) is 20.7. The quantitative estimate of drug-likeness (QED) is 0.340. The van der Waals surface area contributed by atoms with Gasteiger partial charge in [-0.25, -0.2) is 0 Å². The summed E-state index contributed by atoms with van der Waals surface area (Å²) >= 11 is 0. The Morgan fingerprint density at radius 1 is 0.872 bits per heavy atom. The van der Waals surface area contributed by atoms with Crippen LogP contribution < -0.4 is 18.9 Å². The van der Waals surface area contributed by atoms with Gasteiger partial charge in [-0.3, -0.25) is 9.78 Å². The molecule has 0 saturated carbocycles. The number of phenolic OH excluding ortho intramolecular Hbond substituents is 2. The number of hydrogen-bond acceptors (Lipinski definition) is 9. The summed E-state index contributed by atoms with van der Waals surface area (Å²) in [6.07, 6.45) is -1.89. The first-order valence-corrected chi connectivity index (χ1v) is 12.4. The van der Waals surface area contributed by atoms with E-state index in [4.69, 9.17) is 18.9 Å². The monoisotopic (exact) mass is 527 g/mol. The Hall–Kier alpha value is -4.76. The molecule has 0 bridgehead atoms. The van der Waals surface area contributed by atoms with E-state index < -0.39 is 29.8 Å². The van der Waals surface area contributed by atoms with Gasteiger partial charge < -0.3 is 34.3 Å². The van der Waals surface area contributed by atoms with Crippen molar-refractivity contribution < 1.29 is 39.1 Å². The second-order valence-electron chi connectivity index (χ2n) is 9.45. The maximum absolute atomic E-state index is 12.8. The van der Waals surface area contributed by atoms with Crippen LogP contribution >= 0.6 is 0 Å². The Morgan fingerprint density at radius 3 is 2.44 bits per heavy atom. The maximum atomic E-state index is 12.8. The number of aliphatic hydroxyl groups is 1. The molecular formula is C30H25NO8. The fourth-order valence-corrected chi connectivity index (χ4v) is 4.74. The van der Waals surface area contributed by atoms with Crippen molar-refractivity contribution in [1.82, 2.24) is 4.98 Å². The molecule has 4 atom stereocenters. The molecule has 9 heteroatoms. The summed E-state index contributed by atoms with van der Waals surface area (Å²) in [6.45, 7) is 2.31. The van der Waals surface area contributed by atoms with Crippen LogP contribution in [0.2, 0.25) is 0 Å². The molecule has 0 aliphatic carbocycles. The second-order valence-corrected chi connectivity index (χ2v) is 9.45. The van der Waals surface area contributed by atoms with Crippen LogP contribution in [-0.2, 0) is 6.61 Å². The number of ketones is 1. The van der Waals surface area contributed by atoms with Crippen molar-refractivity contribution >= 4 is 5.78 Å². The lowest BCUT2D eigenvalue weighted by Crippen LogP contribution is -2.36. The number of hydrogen-bond donors (Lipinski definition) is 3. The summed E-state index contributed by atoms with van der Waals surface area (Å²) < 4.78 is 24.0. The van der Waals surface area contributed by atoms with E-state index in [0.717, 1.165) is 11.6 Å². The number of aromatic hydroxyl groups is 2. The van der Waals surface area contributed by atoms with Crippen LogP contribution in [0.1, 0.15) is 46.3 Å². The third kappa shape index (κ3) is 4.68. The molecule has 0 spiro atoms. The third-order valence-corrected chi connectivity index (χ3v) is 6.71. The number of carbonyl (C=O) groups excluding carboxylic acids is 1. The minimum absolute atomic E-state index is 0.0204. The second kappa shape index (κ2) is 9.85. The van der Waals surface area contributed by atoms with Gasteiger partial charge >= 0.3 is 0 Å². The zero-order chi connectivity index (χ0) is 27.1. The van der Waals surface area contributed by atoms with Gasteiger partial charge in [-0.1, -0.05) is 36.4 Å². The normalized spacial score (nSPS) is 21.5. The van der Waals surface area contributed by atoms with Crippen LogP contribution in [0.25, 0.3) is 0 Å². The molecule has 0 amide bonds. The predicted molar refractivity (Wildman–Crippen MR) is 138 cm³/mol. The van der Waals surface area contributed by atoms with Crippen LogP contribution in [0.5, 0.6) is 34.5 Å². The molecular weight excluding hydrogens is 502 g/mol. The zero-order valence-electron chi connectivity index (χ0n) is 20.9. The Balaban J connectivity index is 1.21. The van der Waals surface area contributed by atoms with E-state index in [0.29, 0.717) is 35.1 Å². The smallest absolute Gasteiger partial charge is 0.202 e. The number of rotatable bonds is 5. The SMILES string of the molecule is CC1Oc2ccc(C3Oc4cc(O)cc(O)c4C(=O)C3O)cc2OC1c1ccc(OCc2ccccc2)cn1. The molecule has 1 aromatic heterocycles. The van der Waals surface area contributed by atoms with Gasteiger partial charge in [-0.15, -0.1) is 0 Å². The van der Waals surface area contributed by atoms with E-state index in [1.54, 1.807) is 24.4 Å². The highest BCUT2D eigenvalue weighted by Gasteiger charge is 2.40. The van der Waals surface area contributed by atoms with E-state index in [1.807, 2.05) is 49.4 Å². The van der Waals surface area contributed by atoms with Crippen molar-refractivity contribution in [3.05, 3.63) is 101 Å². The first-order chi connectivity index (χ1) is 18.9. The number of Topliss-reactive ketones (excluding diaryl/α,β-unsaturated/α-hetero) is 1. The number of fused-ring (bicyclic) bond motifs is 2. The molecule has 6 rings (SSSR count). The molecule has 3 heterocycles. The van der Waals surface area contributed by atoms with Crippen LogP contribution in [-0.4, -0.2) is 38.3 Å². The highest BCUT2D eigenvalue weighted by atomic mass is 16.6. The maximum Gasteiger partial charge on any atom is 0.202 e. The molecule has 39 heavy (non-hydrogen) atoms. The number of benzene rings is 3. The van der Waals surface area contributed by atoms with Crippen molar-refractivity contribution in [3.8, 4) is 34.5 Å². The first-order valence-electron chi connectivity index (χ1n) is 12.4. The molecule has 0 fully saturated rings. The van der Waals surface area contributed by atoms with Crippen LogP contribution in [0.3, 0.4) is 0 Å². The molecule has 4 unspecified atom stereocenters. The van der Waals surface area contributed by atoms with Crippen molar-refractivity contribution in [3.63, 3.8) is 0 Å². The molecule has 2 aliphatic heterocycles. The minimum Gasteiger partial charge on any atom is -0.508 e. The topological polar surface area (TPSA) is 128 Å². The van der Waals surface area contributed by atoms with Crippen LogP contribution in [0.4, 0.5) is 0 Å². The lowest BCUT2D eigenvalue weighted by atomic mass is 9.92. The van der Waals surface area contributed by atoms with Gasteiger partial charge in [0.05, 0.1) is 11.9 Å². The summed E-state index contributed by atoms with van der Waals surface area (Å²) in [5.41, 5.74) is 1.98. The molecule has 9 nitrogen and oxygen atoms in total. The van der Waals surface area contributed by atoms with Crippen molar-refractivity contribution in [1.29, 1.82) is 0 Å². The Morgan fingerprint density at radius 2 is 1.67 bits per heavy atom. The van der Waals surface area contributed by atoms with Crippen LogP contribution in [0, 0.1) is 0 Å². The fourth-order valence-electron chi connectivity index (χ4n) is 4.74. The summed E-state index contributed by atoms with van der Waals surface area (Å²) in [5, 5.41) is 30.6. The molecule has 198 valence electrons. The zero-order valence-corrected chi connectivity index (χ0v) is 20.9. The lowest BCUT2D eigenvalue weighted by Gasteiger charge is -2.34. The Bertz CT molecular complexity index is 1520. The highest BCUT2D eigenvalue weighted by molar-refractivity contribution is 6.05. The van der Waals surface area contributed by atoms with Gasteiger partial charge in [-0.05, 0) is 42.3 Å². The van der Waals surface area contributed by atoms with Gasteiger partial charge in [0, 0.05) is 12.1 Å². The minimum atomic E-state index is -1.57. The highest BCUT2D eigenvalue weighted by Crippen LogP contribution is 2.45. The number of aliphatic hydroxyl groups excluding tert-OH is 1. The first kappa shape index (κ1) is 24.6. The van der Waals surface area contributed by atoms with Gasteiger partial charge in [0.2, 0.25) is 5.78 Å². The standard InChI is InChI=1S/C30H25NO8/c1-16-29(21-9-8-20(14-31-21)36-15-17-5-3-2-4-6-17)38-24-11-18(7-10-23(24)37-16)30-28(35)27(34)26-22(33)12-19(32)13-25(26)39-30/h2-14,16,28-30,32-33,35H,15H2,1H3. The Labute approximate surface area is 223 Å². The molecule has 3 aromatic carbocycles. The van der Waals surface area contributed by atoms with Gasteiger partial charge in [0.15, 0.2) is 29.8 Å². The van der Waals surface area contributed by atoms with Crippen molar-refractivity contribution in [2.45, 2.75) is 37.9 Å². The average molecular weight is 528 g/mol. The van der Waals surface area contributed by atoms with E-state index in [9.17, 15) is 20.1 Å². The van der Waals surface area contributed by atoms with E-state index in [2.05, 4.69) is 4.98 Å². The molecule has 2 aliphatic rings. The van der Waals surface area contributed by atoms with E-state index in [1.165, 1.54) is 6.07 Å². The predicted octanol–water partition coefficient (Wildman–Crippen LogP) is 4.65.